The SMILES string of the molecule is COc1ccc2c(c1)[C@H](NC(=O)CN(Cc1ccccc1)S(C)(=O)=O)CC(C)(C)O2. The van der Waals surface area contributed by atoms with Crippen molar-refractivity contribution in [2.24, 2.45) is 0 Å². The van der Waals surface area contributed by atoms with Crippen LogP contribution >= 0.6 is 0 Å². The van der Waals surface area contributed by atoms with Gasteiger partial charge in [0.25, 0.3) is 0 Å². The summed E-state index contributed by atoms with van der Waals surface area (Å²) >= 11 is 0. The van der Waals surface area contributed by atoms with E-state index in [4.69, 9.17) is 9.47 Å². The van der Waals surface area contributed by atoms with Gasteiger partial charge >= 0.3 is 0 Å². The molecule has 1 atom stereocenters. The Morgan fingerprint density at radius 1 is 1.23 bits per heavy atom. The first-order valence-corrected chi connectivity index (χ1v) is 11.6. The Kier molecular flexibility index (Phi) is 6.38. The van der Waals surface area contributed by atoms with E-state index < -0.39 is 15.6 Å². The van der Waals surface area contributed by atoms with Crippen LogP contribution in [0, 0.1) is 0 Å². The molecule has 0 saturated heterocycles. The van der Waals surface area contributed by atoms with Gasteiger partial charge < -0.3 is 14.8 Å². The van der Waals surface area contributed by atoms with E-state index in [1.165, 1.54) is 4.31 Å². The Morgan fingerprint density at radius 2 is 1.93 bits per heavy atom. The van der Waals surface area contributed by atoms with Crippen molar-refractivity contribution in [3.8, 4) is 11.5 Å². The molecule has 162 valence electrons. The van der Waals surface area contributed by atoms with Gasteiger partial charge in [-0.3, -0.25) is 4.79 Å². The fourth-order valence-corrected chi connectivity index (χ4v) is 4.30. The maximum atomic E-state index is 12.8. The zero-order chi connectivity index (χ0) is 21.9. The number of nitrogens with one attached hydrogen (secondary N) is 1. The number of hydrogen-bond acceptors (Lipinski definition) is 5. The van der Waals surface area contributed by atoms with Gasteiger partial charge in [-0.1, -0.05) is 30.3 Å². The Balaban J connectivity index is 1.78. The number of carbonyl (C=O) groups is 1. The van der Waals surface area contributed by atoms with Crippen LogP contribution in [-0.4, -0.2) is 44.1 Å². The molecule has 0 saturated carbocycles. The van der Waals surface area contributed by atoms with Crippen LogP contribution in [0.4, 0.5) is 0 Å². The highest BCUT2D eigenvalue weighted by molar-refractivity contribution is 7.88. The van der Waals surface area contributed by atoms with Crippen molar-refractivity contribution in [2.45, 2.75) is 38.5 Å². The molecule has 0 aliphatic carbocycles. The number of methoxy groups -OCH3 is 1. The number of fused-ring (bicyclic) bond motifs is 1. The highest BCUT2D eigenvalue weighted by Gasteiger charge is 2.35. The average Bonchev–Trinajstić information content (AvgIpc) is 2.66. The van der Waals surface area contributed by atoms with E-state index in [2.05, 4.69) is 5.32 Å². The molecular formula is C22H28N2O5S. The second-order valence-corrected chi connectivity index (χ2v) is 10.1. The standard InChI is InChI=1S/C22H28N2O5S/c1-22(2)13-19(18-12-17(28-3)10-11-20(18)29-22)23-21(25)15-24(30(4,26)27)14-16-8-6-5-7-9-16/h5-12,19H,13-15H2,1-4H3,(H,23,25)/t19-/m1/s1. The van der Waals surface area contributed by atoms with Gasteiger partial charge in [-0.15, -0.1) is 0 Å². The zero-order valence-corrected chi connectivity index (χ0v) is 18.5. The van der Waals surface area contributed by atoms with Gasteiger partial charge in [-0.2, -0.15) is 4.31 Å². The summed E-state index contributed by atoms with van der Waals surface area (Å²) in [5, 5.41) is 2.99. The van der Waals surface area contributed by atoms with E-state index in [9.17, 15) is 13.2 Å². The molecule has 0 aromatic heterocycles. The first-order valence-electron chi connectivity index (χ1n) is 9.73. The molecule has 2 aromatic carbocycles. The average molecular weight is 433 g/mol. The summed E-state index contributed by atoms with van der Waals surface area (Å²) in [4.78, 5) is 12.8. The molecular weight excluding hydrogens is 404 g/mol. The van der Waals surface area contributed by atoms with Crippen molar-refractivity contribution in [2.75, 3.05) is 19.9 Å². The second-order valence-electron chi connectivity index (χ2n) is 8.11. The van der Waals surface area contributed by atoms with E-state index in [1.807, 2.05) is 62.4 Å². The molecule has 1 N–H and O–H groups in total. The van der Waals surface area contributed by atoms with Crippen LogP contribution in [0.25, 0.3) is 0 Å². The van der Waals surface area contributed by atoms with Crippen molar-refractivity contribution < 1.29 is 22.7 Å². The highest BCUT2D eigenvalue weighted by Crippen LogP contribution is 2.41. The van der Waals surface area contributed by atoms with Gasteiger partial charge in [-0.05, 0) is 37.6 Å². The fourth-order valence-electron chi connectivity index (χ4n) is 3.57. The Bertz CT molecular complexity index is 1010. The molecule has 1 aliphatic heterocycles. The lowest BCUT2D eigenvalue weighted by molar-refractivity contribution is -0.122. The molecule has 0 radical (unpaired) electrons. The van der Waals surface area contributed by atoms with Gasteiger partial charge in [0.15, 0.2) is 0 Å². The molecule has 0 unspecified atom stereocenters. The van der Waals surface area contributed by atoms with E-state index >= 15 is 0 Å². The van der Waals surface area contributed by atoms with E-state index in [0.29, 0.717) is 17.9 Å². The maximum absolute atomic E-state index is 12.8. The number of ether oxygens (including phenoxy) is 2. The predicted molar refractivity (Wildman–Crippen MR) is 115 cm³/mol. The zero-order valence-electron chi connectivity index (χ0n) is 17.7. The smallest absolute Gasteiger partial charge is 0.235 e. The molecule has 8 heteroatoms. The topological polar surface area (TPSA) is 84.9 Å². The summed E-state index contributed by atoms with van der Waals surface area (Å²) in [7, 11) is -1.99. The summed E-state index contributed by atoms with van der Waals surface area (Å²) < 4.78 is 37.0. The number of amides is 1. The normalized spacial score (nSPS) is 17.7. The van der Waals surface area contributed by atoms with Crippen LogP contribution in [0.3, 0.4) is 0 Å². The van der Waals surface area contributed by atoms with Crippen molar-refractivity contribution in [1.82, 2.24) is 9.62 Å². The summed E-state index contributed by atoms with van der Waals surface area (Å²) in [6.07, 6.45) is 1.66. The Hall–Kier alpha value is -2.58. The lowest BCUT2D eigenvalue weighted by atomic mass is 9.89. The molecule has 0 fully saturated rings. The number of benzene rings is 2. The molecule has 1 amide bonds. The first-order chi connectivity index (χ1) is 14.1. The van der Waals surface area contributed by atoms with Crippen LogP contribution < -0.4 is 14.8 Å². The van der Waals surface area contributed by atoms with Crippen LogP contribution in [0.5, 0.6) is 11.5 Å². The lowest BCUT2D eigenvalue weighted by Crippen LogP contribution is -2.45. The third-order valence-electron chi connectivity index (χ3n) is 5.00. The van der Waals surface area contributed by atoms with Crippen molar-refractivity contribution in [3.05, 3.63) is 59.7 Å². The Labute approximate surface area is 178 Å². The summed E-state index contributed by atoms with van der Waals surface area (Å²) in [6, 6.07) is 14.4. The van der Waals surface area contributed by atoms with Crippen LogP contribution in [0.1, 0.15) is 37.4 Å². The minimum absolute atomic E-state index is 0.136. The molecule has 7 nitrogen and oxygen atoms in total. The quantitative estimate of drug-likeness (QED) is 0.727. The van der Waals surface area contributed by atoms with E-state index in [0.717, 1.165) is 17.4 Å². The number of sulfonamides is 1. The van der Waals surface area contributed by atoms with Gasteiger partial charge in [0, 0.05) is 18.5 Å². The third kappa shape index (κ3) is 5.52. The van der Waals surface area contributed by atoms with E-state index in [-0.39, 0.29) is 25.0 Å². The second kappa shape index (κ2) is 8.65. The predicted octanol–water partition coefficient (Wildman–Crippen LogP) is 2.88. The number of nitrogens with zero attached hydrogens (tertiary/aromatic N) is 1. The molecule has 0 spiro atoms. The first kappa shape index (κ1) is 22.1. The van der Waals surface area contributed by atoms with Crippen LogP contribution in [0.15, 0.2) is 48.5 Å². The maximum Gasteiger partial charge on any atom is 0.235 e. The summed E-state index contributed by atoms with van der Waals surface area (Å²) in [6.45, 7) is 3.79. The van der Waals surface area contributed by atoms with Crippen LogP contribution in [-0.2, 0) is 21.4 Å². The van der Waals surface area contributed by atoms with Crippen LogP contribution in [0.2, 0.25) is 0 Å². The molecule has 1 aliphatic rings. The lowest BCUT2D eigenvalue weighted by Gasteiger charge is -2.38. The number of rotatable bonds is 7. The minimum Gasteiger partial charge on any atom is -0.497 e. The highest BCUT2D eigenvalue weighted by atomic mass is 32.2. The summed E-state index contributed by atoms with van der Waals surface area (Å²) in [5.74, 6) is 0.979. The minimum atomic E-state index is -3.57. The van der Waals surface area contributed by atoms with Crippen molar-refractivity contribution >= 4 is 15.9 Å². The van der Waals surface area contributed by atoms with Gasteiger partial charge in [-0.25, -0.2) is 8.42 Å². The molecule has 1 heterocycles. The summed E-state index contributed by atoms with van der Waals surface area (Å²) in [5.41, 5.74) is 1.16. The molecule has 30 heavy (non-hydrogen) atoms. The van der Waals surface area contributed by atoms with Crippen molar-refractivity contribution in [1.29, 1.82) is 0 Å². The third-order valence-corrected chi connectivity index (χ3v) is 6.20. The largest absolute Gasteiger partial charge is 0.497 e. The van der Waals surface area contributed by atoms with E-state index in [1.54, 1.807) is 7.11 Å². The number of carbonyl (C=O) groups excluding carboxylic acids is 1. The molecule has 0 bridgehead atoms. The van der Waals surface area contributed by atoms with Crippen molar-refractivity contribution in [3.63, 3.8) is 0 Å². The molecule has 2 aromatic rings. The van der Waals surface area contributed by atoms with Gasteiger partial charge in [0.1, 0.15) is 17.1 Å². The van der Waals surface area contributed by atoms with Gasteiger partial charge in [0.05, 0.1) is 26.0 Å². The Morgan fingerprint density at radius 3 is 2.57 bits per heavy atom. The molecule has 3 rings (SSSR count). The van der Waals surface area contributed by atoms with Gasteiger partial charge in [0.2, 0.25) is 15.9 Å². The fraction of sp³-hybridized carbons (Fsp3) is 0.409. The number of hydrogen-bond donors (Lipinski definition) is 1. The monoisotopic (exact) mass is 432 g/mol.